The van der Waals surface area contributed by atoms with Gasteiger partial charge in [0, 0.05) is 12.2 Å². The van der Waals surface area contributed by atoms with Gasteiger partial charge in [0.15, 0.2) is 5.65 Å². The molecule has 0 bridgehead atoms. The Kier molecular flexibility index (Phi) is 3.70. The van der Waals surface area contributed by atoms with Crippen molar-refractivity contribution in [3.05, 3.63) is 60.0 Å². The number of alkyl halides is 1. The maximum atomic E-state index is 6.04. The van der Waals surface area contributed by atoms with E-state index in [9.17, 15) is 0 Å². The fourth-order valence-electron chi connectivity index (χ4n) is 2.58. The van der Waals surface area contributed by atoms with Crippen LogP contribution in [0.3, 0.4) is 0 Å². The summed E-state index contributed by atoms with van der Waals surface area (Å²) < 4.78 is 2.15. The molecule has 0 aliphatic carbocycles. The molecule has 0 amide bonds. The molecule has 3 aromatic rings. The Morgan fingerprint density at radius 1 is 1.15 bits per heavy atom. The summed E-state index contributed by atoms with van der Waals surface area (Å²) in [6, 6.07) is 14.6. The van der Waals surface area contributed by atoms with E-state index in [2.05, 4.69) is 45.7 Å². The van der Waals surface area contributed by atoms with Crippen LogP contribution in [0.2, 0.25) is 0 Å². The molecule has 2 heterocycles. The predicted molar refractivity (Wildman–Crippen MR) is 81.9 cm³/mol. The van der Waals surface area contributed by atoms with Crippen LogP contribution < -0.4 is 0 Å². The Hall–Kier alpha value is -1.87. The molecule has 0 saturated heterocycles. The zero-order chi connectivity index (χ0) is 13.9. The van der Waals surface area contributed by atoms with Crippen LogP contribution in [0.15, 0.2) is 48.7 Å². The average molecular weight is 286 g/mol. The number of halogens is 1. The number of benzene rings is 1. The molecule has 20 heavy (non-hydrogen) atoms. The van der Waals surface area contributed by atoms with Crippen LogP contribution in [0.5, 0.6) is 0 Å². The van der Waals surface area contributed by atoms with E-state index >= 15 is 0 Å². The third kappa shape index (κ3) is 2.41. The lowest BCUT2D eigenvalue weighted by Gasteiger charge is -2.16. The number of rotatable bonds is 4. The van der Waals surface area contributed by atoms with E-state index in [0.717, 1.165) is 23.4 Å². The van der Waals surface area contributed by atoms with Gasteiger partial charge in [-0.05, 0) is 31.0 Å². The molecule has 102 valence electrons. The van der Waals surface area contributed by atoms with E-state index in [1.807, 2.05) is 18.2 Å². The van der Waals surface area contributed by atoms with Gasteiger partial charge in [-0.15, -0.1) is 11.6 Å². The molecular weight excluding hydrogens is 270 g/mol. The summed E-state index contributed by atoms with van der Waals surface area (Å²) in [5.41, 5.74) is 3.12. The Bertz CT molecular complexity index is 706. The number of hydrogen-bond acceptors (Lipinski definition) is 2. The normalized spacial score (nSPS) is 12.7. The van der Waals surface area contributed by atoms with Crippen LogP contribution in [0.25, 0.3) is 11.2 Å². The minimum atomic E-state index is 0.269. The molecule has 2 aromatic heterocycles. The quantitative estimate of drug-likeness (QED) is 0.679. The molecule has 0 aliphatic heterocycles. The second-order valence-electron chi connectivity index (χ2n) is 4.92. The van der Waals surface area contributed by atoms with Gasteiger partial charge in [0.1, 0.15) is 11.3 Å². The van der Waals surface area contributed by atoms with Crippen LogP contribution in [-0.4, -0.2) is 14.5 Å². The molecule has 0 radical (unpaired) electrons. The lowest BCUT2D eigenvalue weighted by Crippen LogP contribution is -2.11. The third-order valence-corrected chi connectivity index (χ3v) is 3.70. The first-order valence-electron chi connectivity index (χ1n) is 6.71. The molecule has 1 atom stereocenters. The molecule has 0 N–H and O–H groups in total. The first-order valence-corrected chi connectivity index (χ1v) is 7.24. The Labute approximate surface area is 123 Å². The highest BCUT2D eigenvalue weighted by molar-refractivity contribution is 6.16. The van der Waals surface area contributed by atoms with Gasteiger partial charge in [-0.25, -0.2) is 9.97 Å². The highest BCUT2D eigenvalue weighted by Gasteiger charge is 2.16. The van der Waals surface area contributed by atoms with Gasteiger partial charge in [0.05, 0.1) is 5.88 Å². The Morgan fingerprint density at radius 2 is 1.95 bits per heavy atom. The van der Waals surface area contributed by atoms with Crippen molar-refractivity contribution in [2.45, 2.75) is 25.3 Å². The maximum Gasteiger partial charge on any atom is 0.160 e. The lowest BCUT2D eigenvalue weighted by molar-refractivity contribution is 0.540. The largest absolute Gasteiger partial charge is 0.309 e. The highest BCUT2D eigenvalue weighted by atomic mass is 35.5. The lowest BCUT2D eigenvalue weighted by atomic mass is 10.1. The molecule has 0 saturated carbocycles. The molecule has 4 heteroatoms. The Balaban J connectivity index is 2.00. The van der Waals surface area contributed by atoms with Crippen molar-refractivity contribution in [3.63, 3.8) is 0 Å². The van der Waals surface area contributed by atoms with Crippen LogP contribution in [0.4, 0.5) is 0 Å². The van der Waals surface area contributed by atoms with E-state index < -0.39 is 0 Å². The van der Waals surface area contributed by atoms with Crippen molar-refractivity contribution in [1.29, 1.82) is 0 Å². The fraction of sp³-hybridized carbons (Fsp3) is 0.250. The van der Waals surface area contributed by atoms with Gasteiger partial charge in [-0.3, -0.25) is 0 Å². The number of nitrogens with zero attached hydrogens (tertiary/aromatic N) is 3. The predicted octanol–water partition coefficient (Wildman–Crippen LogP) is 3.97. The summed E-state index contributed by atoms with van der Waals surface area (Å²) in [5, 5.41) is 0. The van der Waals surface area contributed by atoms with E-state index in [0.29, 0.717) is 5.88 Å². The summed E-state index contributed by atoms with van der Waals surface area (Å²) in [6.07, 6.45) is 2.74. The van der Waals surface area contributed by atoms with E-state index in [4.69, 9.17) is 11.6 Å². The minimum absolute atomic E-state index is 0.269. The molecule has 1 aromatic carbocycles. The van der Waals surface area contributed by atoms with Crippen molar-refractivity contribution >= 4 is 22.8 Å². The molecule has 0 fully saturated rings. The number of fused-ring (bicyclic) bond motifs is 1. The van der Waals surface area contributed by atoms with E-state index in [-0.39, 0.29) is 6.04 Å². The van der Waals surface area contributed by atoms with Crippen molar-refractivity contribution in [2.75, 3.05) is 0 Å². The van der Waals surface area contributed by atoms with Gasteiger partial charge in [-0.1, -0.05) is 30.3 Å². The van der Waals surface area contributed by atoms with Crippen LogP contribution >= 0.6 is 11.6 Å². The highest BCUT2D eigenvalue weighted by Crippen LogP contribution is 2.23. The summed E-state index contributed by atoms with van der Waals surface area (Å²) in [6.45, 7) is 2.18. The third-order valence-electron chi connectivity index (χ3n) is 3.46. The van der Waals surface area contributed by atoms with Crippen molar-refractivity contribution in [2.24, 2.45) is 0 Å². The maximum absolute atomic E-state index is 6.04. The number of hydrogen-bond donors (Lipinski definition) is 0. The Morgan fingerprint density at radius 3 is 2.70 bits per heavy atom. The number of aromatic nitrogens is 3. The summed E-state index contributed by atoms with van der Waals surface area (Å²) in [7, 11) is 0. The smallest absolute Gasteiger partial charge is 0.160 e. The van der Waals surface area contributed by atoms with Crippen LogP contribution in [-0.2, 0) is 12.3 Å². The monoisotopic (exact) mass is 285 g/mol. The van der Waals surface area contributed by atoms with Crippen molar-refractivity contribution in [3.8, 4) is 0 Å². The zero-order valence-corrected chi connectivity index (χ0v) is 12.1. The van der Waals surface area contributed by atoms with Crippen molar-refractivity contribution < 1.29 is 0 Å². The van der Waals surface area contributed by atoms with Crippen LogP contribution in [0, 0.1) is 0 Å². The van der Waals surface area contributed by atoms with Gasteiger partial charge < -0.3 is 4.57 Å². The summed E-state index contributed by atoms with van der Waals surface area (Å²) in [4.78, 5) is 9.02. The first kappa shape index (κ1) is 13.1. The van der Waals surface area contributed by atoms with E-state index in [1.165, 1.54) is 5.56 Å². The second-order valence-corrected chi connectivity index (χ2v) is 5.18. The van der Waals surface area contributed by atoms with Gasteiger partial charge >= 0.3 is 0 Å². The van der Waals surface area contributed by atoms with Gasteiger partial charge in [0.2, 0.25) is 0 Å². The summed E-state index contributed by atoms with van der Waals surface area (Å²) in [5.74, 6) is 1.28. The second kappa shape index (κ2) is 5.63. The number of pyridine rings is 1. The van der Waals surface area contributed by atoms with Gasteiger partial charge in [0.25, 0.3) is 0 Å². The topological polar surface area (TPSA) is 30.7 Å². The number of imidazole rings is 1. The fourth-order valence-corrected chi connectivity index (χ4v) is 2.77. The zero-order valence-electron chi connectivity index (χ0n) is 11.3. The molecule has 0 spiro atoms. The van der Waals surface area contributed by atoms with E-state index in [1.54, 1.807) is 6.20 Å². The summed E-state index contributed by atoms with van der Waals surface area (Å²) >= 11 is 6.04. The SMILES string of the molecule is CC(Cc1ccccc1)n1c(CCl)nc2cccnc21. The molecule has 0 aliphatic rings. The average Bonchev–Trinajstić information content (AvgIpc) is 2.86. The minimum Gasteiger partial charge on any atom is -0.309 e. The molecular formula is C16H16ClN3. The molecule has 1 unspecified atom stereocenters. The van der Waals surface area contributed by atoms with Gasteiger partial charge in [-0.2, -0.15) is 0 Å². The first-order chi connectivity index (χ1) is 9.79. The molecule has 3 rings (SSSR count). The standard InChI is InChI=1S/C16H16ClN3/c1-12(10-13-6-3-2-4-7-13)20-15(11-17)19-14-8-5-9-18-16(14)20/h2-9,12H,10-11H2,1H3. The van der Waals surface area contributed by atoms with Crippen molar-refractivity contribution in [1.82, 2.24) is 14.5 Å². The molecule has 3 nitrogen and oxygen atoms in total. The van der Waals surface area contributed by atoms with Crippen LogP contribution in [0.1, 0.15) is 24.4 Å².